The average molecular weight is 380 g/mol. The molecule has 146 valence electrons. The smallest absolute Gasteiger partial charge is 0.317 e. The Morgan fingerprint density at radius 2 is 1.75 bits per heavy atom. The second kappa shape index (κ2) is 8.74. The lowest BCUT2D eigenvalue weighted by atomic mass is 9.73. The van der Waals surface area contributed by atoms with E-state index < -0.39 is 11.9 Å². The zero-order valence-electron chi connectivity index (χ0n) is 16.3. The third-order valence-electron chi connectivity index (χ3n) is 4.99. The lowest BCUT2D eigenvalue weighted by Gasteiger charge is -2.29. The summed E-state index contributed by atoms with van der Waals surface area (Å²) in [6, 6.07) is 15.1. The molecule has 1 aliphatic carbocycles. The first-order valence-corrected chi connectivity index (χ1v) is 9.26. The Hall–Kier alpha value is -3.08. The zero-order valence-corrected chi connectivity index (χ0v) is 16.3. The van der Waals surface area contributed by atoms with Crippen molar-refractivity contribution in [2.24, 2.45) is 5.92 Å². The highest BCUT2D eigenvalue weighted by Gasteiger charge is 2.39. The molecule has 1 aliphatic rings. The van der Waals surface area contributed by atoms with Crippen LogP contribution in [0.5, 0.6) is 11.5 Å². The molecular weight excluding hydrogens is 356 g/mol. The molecule has 0 radical (unpaired) electrons. The second-order valence-electron chi connectivity index (χ2n) is 6.62. The number of carbonyl (C=O) groups is 2. The Morgan fingerprint density at radius 3 is 2.39 bits per heavy atom. The number of hydrogen-bond donors (Lipinski definition) is 0. The minimum atomic E-state index is -0.845. The SMILES string of the molecule is CCOC(=O)[C@H]1C(=O)C=C(c2cccc(OC)c2)C[C@@H]1c1ccc(OC)cc1. The molecule has 0 N–H and O–H groups in total. The van der Waals surface area contributed by atoms with Gasteiger partial charge in [0.25, 0.3) is 0 Å². The number of carbonyl (C=O) groups excluding carboxylic acids is 2. The van der Waals surface area contributed by atoms with Crippen molar-refractivity contribution in [1.29, 1.82) is 0 Å². The quantitative estimate of drug-likeness (QED) is 0.559. The van der Waals surface area contributed by atoms with E-state index in [1.54, 1.807) is 27.2 Å². The van der Waals surface area contributed by atoms with E-state index in [1.807, 2.05) is 48.5 Å². The summed E-state index contributed by atoms with van der Waals surface area (Å²) in [6.07, 6.45) is 2.12. The number of ketones is 1. The normalized spacial score (nSPS) is 19.0. The van der Waals surface area contributed by atoms with Crippen LogP contribution in [0.1, 0.15) is 30.4 Å². The first-order valence-electron chi connectivity index (χ1n) is 9.26. The molecule has 5 heteroatoms. The van der Waals surface area contributed by atoms with Crippen LogP contribution in [0.3, 0.4) is 0 Å². The van der Waals surface area contributed by atoms with Gasteiger partial charge in [-0.05, 0) is 60.4 Å². The van der Waals surface area contributed by atoms with Gasteiger partial charge in [-0.1, -0.05) is 24.3 Å². The molecule has 0 bridgehead atoms. The van der Waals surface area contributed by atoms with Crippen molar-refractivity contribution in [2.45, 2.75) is 19.3 Å². The molecule has 5 nitrogen and oxygen atoms in total. The molecule has 2 aromatic rings. The van der Waals surface area contributed by atoms with E-state index >= 15 is 0 Å². The summed E-state index contributed by atoms with van der Waals surface area (Å²) in [5.41, 5.74) is 2.69. The van der Waals surface area contributed by atoms with Gasteiger partial charge in [0, 0.05) is 5.92 Å². The zero-order chi connectivity index (χ0) is 20.1. The van der Waals surface area contributed by atoms with E-state index in [9.17, 15) is 9.59 Å². The van der Waals surface area contributed by atoms with Crippen LogP contribution in [0, 0.1) is 5.92 Å². The van der Waals surface area contributed by atoms with Crippen LogP contribution in [0.2, 0.25) is 0 Å². The standard InChI is InChI=1S/C23H24O5/c1-4-28-23(25)22-20(15-8-10-18(26-2)11-9-15)13-17(14-21(22)24)16-6-5-7-19(12-16)27-3/h5-12,14,20,22H,4,13H2,1-3H3/t20-,22-/m1/s1. The van der Waals surface area contributed by atoms with Crippen LogP contribution in [0.15, 0.2) is 54.6 Å². The monoisotopic (exact) mass is 380 g/mol. The molecule has 0 heterocycles. The Kier molecular flexibility index (Phi) is 6.14. The summed E-state index contributed by atoms with van der Waals surface area (Å²) < 4.78 is 15.7. The average Bonchev–Trinajstić information content (AvgIpc) is 2.73. The van der Waals surface area contributed by atoms with Gasteiger partial charge in [-0.2, -0.15) is 0 Å². The lowest BCUT2D eigenvalue weighted by molar-refractivity contribution is -0.151. The fourth-order valence-corrected chi connectivity index (χ4v) is 3.57. The van der Waals surface area contributed by atoms with Crippen LogP contribution in [-0.4, -0.2) is 32.6 Å². The summed E-state index contributed by atoms with van der Waals surface area (Å²) >= 11 is 0. The third-order valence-corrected chi connectivity index (χ3v) is 4.99. The van der Waals surface area contributed by atoms with Crippen molar-refractivity contribution >= 4 is 17.3 Å². The molecular formula is C23H24O5. The number of allylic oxidation sites excluding steroid dienone is 2. The van der Waals surface area contributed by atoms with Crippen LogP contribution in [0.25, 0.3) is 5.57 Å². The van der Waals surface area contributed by atoms with Crippen molar-refractivity contribution < 1.29 is 23.8 Å². The van der Waals surface area contributed by atoms with Crippen molar-refractivity contribution in [3.05, 3.63) is 65.7 Å². The van der Waals surface area contributed by atoms with Crippen LogP contribution in [-0.2, 0) is 14.3 Å². The maximum absolute atomic E-state index is 12.9. The van der Waals surface area contributed by atoms with Gasteiger partial charge < -0.3 is 14.2 Å². The van der Waals surface area contributed by atoms with Gasteiger partial charge >= 0.3 is 5.97 Å². The van der Waals surface area contributed by atoms with Crippen molar-refractivity contribution in [3.8, 4) is 11.5 Å². The molecule has 0 amide bonds. The number of benzene rings is 2. The maximum Gasteiger partial charge on any atom is 0.317 e. The molecule has 0 aliphatic heterocycles. The van der Waals surface area contributed by atoms with E-state index in [1.165, 1.54) is 0 Å². The molecule has 2 atom stereocenters. The van der Waals surface area contributed by atoms with E-state index in [4.69, 9.17) is 14.2 Å². The Labute approximate surface area is 164 Å². The van der Waals surface area contributed by atoms with Gasteiger partial charge in [-0.15, -0.1) is 0 Å². The van der Waals surface area contributed by atoms with Gasteiger partial charge in [0.15, 0.2) is 5.78 Å². The van der Waals surface area contributed by atoms with Gasteiger partial charge in [0.1, 0.15) is 17.4 Å². The molecule has 28 heavy (non-hydrogen) atoms. The van der Waals surface area contributed by atoms with E-state index in [0.717, 1.165) is 28.2 Å². The van der Waals surface area contributed by atoms with Crippen molar-refractivity contribution in [1.82, 2.24) is 0 Å². The third kappa shape index (κ3) is 4.09. The summed E-state index contributed by atoms with van der Waals surface area (Å²) in [5, 5.41) is 0. The minimum absolute atomic E-state index is 0.233. The highest BCUT2D eigenvalue weighted by atomic mass is 16.5. The Balaban J connectivity index is 2.01. The minimum Gasteiger partial charge on any atom is -0.497 e. The van der Waals surface area contributed by atoms with Gasteiger partial charge in [0.2, 0.25) is 0 Å². The second-order valence-corrected chi connectivity index (χ2v) is 6.62. The lowest BCUT2D eigenvalue weighted by Crippen LogP contribution is -2.34. The van der Waals surface area contributed by atoms with Crippen LogP contribution in [0.4, 0.5) is 0 Å². The Morgan fingerprint density at radius 1 is 1.04 bits per heavy atom. The topological polar surface area (TPSA) is 61.8 Å². The number of rotatable bonds is 6. The summed E-state index contributed by atoms with van der Waals surface area (Å²) in [6.45, 7) is 1.98. The van der Waals surface area contributed by atoms with Crippen molar-refractivity contribution in [2.75, 3.05) is 20.8 Å². The van der Waals surface area contributed by atoms with E-state index in [2.05, 4.69) is 0 Å². The number of esters is 1. The maximum atomic E-state index is 12.9. The fourth-order valence-electron chi connectivity index (χ4n) is 3.57. The highest BCUT2D eigenvalue weighted by Crippen LogP contribution is 2.41. The molecule has 0 unspecified atom stereocenters. The molecule has 2 aromatic carbocycles. The highest BCUT2D eigenvalue weighted by molar-refractivity contribution is 6.10. The van der Waals surface area contributed by atoms with Crippen LogP contribution < -0.4 is 9.47 Å². The first-order chi connectivity index (χ1) is 13.6. The predicted molar refractivity (Wildman–Crippen MR) is 106 cm³/mol. The molecule has 0 saturated carbocycles. The summed E-state index contributed by atoms with van der Waals surface area (Å²) in [4.78, 5) is 25.5. The molecule has 0 saturated heterocycles. The molecule has 0 spiro atoms. The van der Waals surface area contributed by atoms with Gasteiger partial charge in [-0.3, -0.25) is 9.59 Å². The Bertz CT molecular complexity index is 882. The predicted octanol–water partition coefficient (Wildman–Crippen LogP) is 4.02. The van der Waals surface area contributed by atoms with E-state index in [0.29, 0.717) is 6.42 Å². The largest absolute Gasteiger partial charge is 0.497 e. The number of ether oxygens (including phenoxy) is 3. The van der Waals surface area contributed by atoms with E-state index in [-0.39, 0.29) is 18.3 Å². The fraction of sp³-hybridized carbons (Fsp3) is 0.304. The summed E-state index contributed by atoms with van der Waals surface area (Å²) in [7, 11) is 3.21. The number of methoxy groups -OCH3 is 2. The summed E-state index contributed by atoms with van der Waals surface area (Å²) in [5.74, 6) is -0.412. The molecule has 3 rings (SSSR count). The van der Waals surface area contributed by atoms with Gasteiger partial charge in [0.05, 0.1) is 20.8 Å². The molecule has 0 aromatic heterocycles. The van der Waals surface area contributed by atoms with Gasteiger partial charge in [-0.25, -0.2) is 0 Å². The van der Waals surface area contributed by atoms with Crippen molar-refractivity contribution in [3.63, 3.8) is 0 Å². The first kappa shape index (κ1) is 19.7. The molecule has 0 fully saturated rings. The number of hydrogen-bond acceptors (Lipinski definition) is 5. The van der Waals surface area contributed by atoms with Crippen LogP contribution >= 0.6 is 0 Å².